The van der Waals surface area contributed by atoms with Crippen LogP contribution < -0.4 is 4.74 Å². The fourth-order valence-electron chi connectivity index (χ4n) is 2.46. The molecule has 0 aromatic carbocycles. The third-order valence-corrected chi connectivity index (χ3v) is 3.54. The highest BCUT2D eigenvalue weighted by Crippen LogP contribution is 2.36. The molecule has 0 N–H and O–H groups in total. The van der Waals surface area contributed by atoms with Crippen molar-refractivity contribution in [3.8, 4) is 5.75 Å². The molecule has 1 aromatic rings. The summed E-state index contributed by atoms with van der Waals surface area (Å²) < 4.78 is 7.57. The Balaban J connectivity index is 3.04. The summed E-state index contributed by atoms with van der Waals surface area (Å²) in [5.41, 5.74) is 1.21. The highest BCUT2D eigenvalue weighted by Gasteiger charge is 2.30. The van der Waals surface area contributed by atoms with Gasteiger partial charge in [0.2, 0.25) is 0 Å². The van der Waals surface area contributed by atoms with Gasteiger partial charge in [-0.2, -0.15) is 5.10 Å². The molecule has 19 heavy (non-hydrogen) atoms. The van der Waals surface area contributed by atoms with Gasteiger partial charge in [-0.3, -0.25) is 4.68 Å². The molecule has 1 atom stereocenters. The fourth-order valence-corrected chi connectivity index (χ4v) is 3.27. The van der Waals surface area contributed by atoms with Gasteiger partial charge in [-0.05, 0) is 20.5 Å². The number of nitrogens with zero attached hydrogens (tertiary/aromatic N) is 3. The largest absolute Gasteiger partial charge is 0.493 e. The van der Waals surface area contributed by atoms with Gasteiger partial charge < -0.3 is 9.64 Å². The molecule has 110 valence electrons. The molecular weight excluding hydrogens is 306 g/mol. The number of aromatic nitrogens is 2. The van der Waals surface area contributed by atoms with E-state index in [-0.39, 0.29) is 5.41 Å². The first kappa shape index (κ1) is 16.5. The van der Waals surface area contributed by atoms with Crippen LogP contribution in [0.2, 0.25) is 0 Å². The summed E-state index contributed by atoms with van der Waals surface area (Å²) in [7, 11) is 5.86. The summed E-state index contributed by atoms with van der Waals surface area (Å²) in [6.07, 6.45) is 2.86. The number of ether oxygens (including phenoxy) is 1. The van der Waals surface area contributed by atoms with E-state index in [0.29, 0.717) is 4.83 Å². The van der Waals surface area contributed by atoms with Gasteiger partial charge in [-0.15, -0.1) is 0 Å². The first-order valence-electron chi connectivity index (χ1n) is 6.67. The van der Waals surface area contributed by atoms with Gasteiger partial charge in [-0.1, -0.05) is 36.7 Å². The standard InChI is InChI=1S/C14H26BrN3O/c1-11(15)9-14(2,3)13-12(19-6)10-16-18(13)8-7-17(4)5/h10-11H,7-9H2,1-6H3. The minimum Gasteiger partial charge on any atom is -0.493 e. The van der Waals surface area contributed by atoms with Crippen molar-refractivity contribution in [1.29, 1.82) is 0 Å². The van der Waals surface area contributed by atoms with Crippen LogP contribution in [0, 0.1) is 0 Å². The Kier molecular flexibility index (Phi) is 5.86. The van der Waals surface area contributed by atoms with E-state index in [2.05, 4.69) is 65.5 Å². The van der Waals surface area contributed by atoms with Crippen molar-refractivity contribution in [1.82, 2.24) is 14.7 Å². The van der Waals surface area contributed by atoms with Crippen LogP contribution in [0.4, 0.5) is 0 Å². The molecule has 4 nitrogen and oxygen atoms in total. The molecule has 1 heterocycles. The Morgan fingerprint density at radius 2 is 2.11 bits per heavy atom. The van der Waals surface area contributed by atoms with Gasteiger partial charge in [-0.25, -0.2) is 0 Å². The third kappa shape index (κ3) is 4.49. The Hall–Kier alpha value is -0.550. The lowest BCUT2D eigenvalue weighted by atomic mass is 9.84. The Morgan fingerprint density at radius 1 is 1.47 bits per heavy atom. The molecule has 0 fully saturated rings. The zero-order valence-electron chi connectivity index (χ0n) is 12.9. The van der Waals surface area contributed by atoms with Crippen LogP contribution in [0.25, 0.3) is 0 Å². The molecule has 0 saturated carbocycles. The van der Waals surface area contributed by atoms with Crippen molar-refractivity contribution < 1.29 is 4.74 Å². The van der Waals surface area contributed by atoms with Gasteiger partial charge in [0.25, 0.3) is 0 Å². The number of hydrogen-bond acceptors (Lipinski definition) is 3. The average molecular weight is 332 g/mol. The van der Waals surface area contributed by atoms with Crippen LogP contribution in [-0.4, -0.2) is 47.3 Å². The Morgan fingerprint density at radius 3 is 2.58 bits per heavy atom. The molecule has 0 radical (unpaired) electrons. The van der Waals surface area contributed by atoms with Crippen molar-refractivity contribution in [2.45, 2.75) is 44.0 Å². The summed E-state index contributed by atoms with van der Waals surface area (Å²) >= 11 is 3.65. The lowest BCUT2D eigenvalue weighted by Crippen LogP contribution is -2.28. The third-order valence-electron chi connectivity index (χ3n) is 3.22. The minimum atomic E-state index is 0.0249. The predicted molar refractivity (Wildman–Crippen MR) is 83.4 cm³/mol. The number of methoxy groups -OCH3 is 1. The van der Waals surface area contributed by atoms with Crippen molar-refractivity contribution in [3.05, 3.63) is 11.9 Å². The molecule has 0 amide bonds. The lowest BCUT2D eigenvalue weighted by Gasteiger charge is -2.28. The molecule has 1 unspecified atom stereocenters. The molecule has 5 heteroatoms. The van der Waals surface area contributed by atoms with E-state index in [1.807, 2.05) is 6.20 Å². The van der Waals surface area contributed by atoms with E-state index in [9.17, 15) is 0 Å². The molecule has 0 aliphatic rings. The van der Waals surface area contributed by atoms with Crippen LogP contribution in [-0.2, 0) is 12.0 Å². The molecule has 1 aromatic heterocycles. The quantitative estimate of drug-likeness (QED) is 0.719. The summed E-state index contributed by atoms with van der Waals surface area (Å²) in [5, 5.41) is 4.48. The highest BCUT2D eigenvalue weighted by molar-refractivity contribution is 9.09. The second kappa shape index (κ2) is 6.75. The first-order chi connectivity index (χ1) is 8.77. The Bertz CT molecular complexity index is 399. The van der Waals surface area contributed by atoms with Crippen LogP contribution in [0.3, 0.4) is 0 Å². The smallest absolute Gasteiger partial charge is 0.160 e. The van der Waals surface area contributed by atoms with E-state index in [4.69, 9.17) is 4.74 Å². The number of rotatable bonds is 7. The molecule has 1 rings (SSSR count). The minimum absolute atomic E-state index is 0.0249. The lowest BCUT2D eigenvalue weighted by molar-refractivity contribution is 0.340. The maximum atomic E-state index is 5.49. The molecule has 0 bridgehead atoms. The molecule has 0 aliphatic carbocycles. The number of halogens is 1. The van der Waals surface area contributed by atoms with Crippen molar-refractivity contribution >= 4 is 15.9 Å². The number of alkyl halides is 1. The monoisotopic (exact) mass is 331 g/mol. The van der Waals surface area contributed by atoms with E-state index in [0.717, 1.165) is 25.3 Å². The van der Waals surface area contributed by atoms with Gasteiger partial charge in [0, 0.05) is 16.8 Å². The zero-order valence-corrected chi connectivity index (χ0v) is 14.5. The van der Waals surface area contributed by atoms with Gasteiger partial charge in [0.1, 0.15) is 0 Å². The molecule has 0 saturated heterocycles. The SMILES string of the molecule is COc1cnn(CCN(C)C)c1C(C)(C)CC(C)Br. The second-order valence-corrected chi connectivity index (χ2v) is 7.52. The average Bonchev–Trinajstić information content (AvgIpc) is 2.68. The maximum Gasteiger partial charge on any atom is 0.160 e. The zero-order chi connectivity index (χ0) is 14.6. The topological polar surface area (TPSA) is 30.3 Å². The first-order valence-corrected chi connectivity index (χ1v) is 7.58. The van der Waals surface area contributed by atoms with Gasteiger partial charge in [0.15, 0.2) is 5.75 Å². The molecule has 0 aliphatic heterocycles. The number of hydrogen-bond donors (Lipinski definition) is 0. The Labute approximate surface area is 125 Å². The van der Waals surface area contributed by atoms with Gasteiger partial charge >= 0.3 is 0 Å². The van der Waals surface area contributed by atoms with E-state index in [1.165, 1.54) is 5.69 Å². The highest BCUT2D eigenvalue weighted by atomic mass is 79.9. The van der Waals surface area contributed by atoms with Crippen LogP contribution in [0.5, 0.6) is 5.75 Å². The van der Waals surface area contributed by atoms with Gasteiger partial charge in [0.05, 0.1) is 25.5 Å². The van der Waals surface area contributed by atoms with Crippen LogP contribution >= 0.6 is 15.9 Å². The van der Waals surface area contributed by atoms with E-state index in [1.54, 1.807) is 7.11 Å². The number of likely N-dealkylation sites (N-methyl/N-ethyl adjacent to an activating group) is 1. The van der Waals surface area contributed by atoms with Crippen molar-refractivity contribution in [2.75, 3.05) is 27.7 Å². The summed E-state index contributed by atoms with van der Waals surface area (Å²) in [5.74, 6) is 0.886. The normalized spacial score (nSPS) is 13.9. The maximum absolute atomic E-state index is 5.49. The van der Waals surface area contributed by atoms with Crippen molar-refractivity contribution in [3.63, 3.8) is 0 Å². The van der Waals surface area contributed by atoms with Crippen LogP contribution in [0.1, 0.15) is 32.9 Å². The summed E-state index contributed by atoms with van der Waals surface area (Å²) in [6.45, 7) is 8.52. The van der Waals surface area contributed by atoms with Crippen LogP contribution in [0.15, 0.2) is 6.20 Å². The fraction of sp³-hybridized carbons (Fsp3) is 0.786. The van der Waals surface area contributed by atoms with E-state index < -0.39 is 0 Å². The summed E-state index contributed by atoms with van der Waals surface area (Å²) in [4.78, 5) is 2.63. The second-order valence-electron chi connectivity index (χ2n) is 5.96. The van der Waals surface area contributed by atoms with Crippen molar-refractivity contribution in [2.24, 2.45) is 0 Å². The molecule has 0 spiro atoms. The summed E-state index contributed by atoms with van der Waals surface area (Å²) in [6, 6.07) is 0. The molecular formula is C14H26BrN3O. The predicted octanol–water partition coefficient (Wildman–Crippen LogP) is 2.90. The van der Waals surface area contributed by atoms with E-state index >= 15 is 0 Å².